The highest BCUT2D eigenvalue weighted by molar-refractivity contribution is 7.22. The Balaban J connectivity index is 1.76. The molecule has 0 saturated carbocycles. The van der Waals surface area contributed by atoms with E-state index in [1.165, 1.54) is 16.2 Å². The number of ketones is 1. The van der Waals surface area contributed by atoms with Crippen LogP contribution in [0.4, 0.5) is 5.13 Å². The molecule has 1 atom stereocenters. The summed E-state index contributed by atoms with van der Waals surface area (Å²) in [6, 6.07) is 17.0. The Labute approximate surface area is 227 Å². The van der Waals surface area contributed by atoms with E-state index in [0.29, 0.717) is 10.7 Å². The van der Waals surface area contributed by atoms with E-state index >= 15 is 0 Å². The van der Waals surface area contributed by atoms with Gasteiger partial charge in [-0.1, -0.05) is 80.1 Å². The van der Waals surface area contributed by atoms with Crippen LogP contribution in [0.15, 0.2) is 60.2 Å². The first-order valence-electron chi connectivity index (χ1n) is 12.7. The van der Waals surface area contributed by atoms with Gasteiger partial charge < -0.3 is 5.11 Å². The molecule has 1 saturated heterocycles. The molecule has 0 spiro atoms. The third-order valence-corrected chi connectivity index (χ3v) is 8.21. The number of aliphatic hydroxyl groups excluding tert-OH is 1. The second-order valence-corrected chi connectivity index (χ2v) is 12.3. The van der Waals surface area contributed by atoms with Gasteiger partial charge in [-0.2, -0.15) is 0 Å². The van der Waals surface area contributed by atoms with Gasteiger partial charge >= 0.3 is 5.91 Å². The highest BCUT2D eigenvalue weighted by atomic mass is 32.1. The van der Waals surface area contributed by atoms with Crippen LogP contribution in [0.2, 0.25) is 0 Å². The smallest absolute Gasteiger partial charge is 0.301 e. The number of thiazole rings is 1. The SMILES string of the molecule is Cc1ccc(C)c(C(O)=C2C(=O)C(=O)N(c3nc4c(C)cc(C)cc4s3)C2c2ccc(C(C)(C)C)cc2)c1. The Morgan fingerprint density at radius 2 is 1.58 bits per heavy atom. The molecule has 1 aliphatic heterocycles. The van der Waals surface area contributed by atoms with Crippen LogP contribution in [0.1, 0.15) is 65.8 Å². The number of amides is 1. The molecule has 5 nitrogen and oxygen atoms in total. The fourth-order valence-electron chi connectivity index (χ4n) is 5.11. The Kier molecular flexibility index (Phi) is 6.27. The Hall–Kier alpha value is -3.77. The number of carbonyl (C=O) groups is 2. The van der Waals surface area contributed by atoms with Gasteiger partial charge in [0.1, 0.15) is 5.76 Å². The Morgan fingerprint density at radius 1 is 0.895 bits per heavy atom. The molecule has 1 aromatic heterocycles. The van der Waals surface area contributed by atoms with Gasteiger partial charge in [0.05, 0.1) is 21.8 Å². The molecule has 2 heterocycles. The number of aromatic nitrogens is 1. The number of aryl methyl sites for hydroxylation is 4. The zero-order valence-corrected chi connectivity index (χ0v) is 23.7. The van der Waals surface area contributed by atoms with Crippen LogP contribution in [0.5, 0.6) is 0 Å². The summed E-state index contributed by atoms with van der Waals surface area (Å²) in [5.41, 5.74) is 7.18. The number of hydrogen-bond acceptors (Lipinski definition) is 5. The van der Waals surface area contributed by atoms with Gasteiger partial charge in [-0.15, -0.1) is 0 Å². The van der Waals surface area contributed by atoms with Crippen molar-refractivity contribution in [3.05, 3.63) is 99.1 Å². The number of Topliss-reactive ketones (excluding diaryl/α,β-unsaturated/α-hetero) is 1. The van der Waals surface area contributed by atoms with Crippen LogP contribution in [0.25, 0.3) is 16.0 Å². The molecule has 38 heavy (non-hydrogen) atoms. The lowest BCUT2D eigenvalue weighted by Crippen LogP contribution is -2.29. The van der Waals surface area contributed by atoms with Crippen molar-refractivity contribution in [2.24, 2.45) is 0 Å². The molecular formula is C32H32N2O3S. The summed E-state index contributed by atoms with van der Waals surface area (Å²) >= 11 is 1.39. The molecular weight excluding hydrogens is 492 g/mol. The minimum atomic E-state index is -0.800. The van der Waals surface area contributed by atoms with Crippen molar-refractivity contribution in [2.75, 3.05) is 4.90 Å². The van der Waals surface area contributed by atoms with E-state index in [4.69, 9.17) is 4.98 Å². The fourth-order valence-corrected chi connectivity index (χ4v) is 6.28. The van der Waals surface area contributed by atoms with Crippen molar-refractivity contribution >= 4 is 44.1 Å². The highest BCUT2D eigenvalue weighted by Crippen LogP contribution is 2.45. The number of carbonyl (C=O) groups excluding carboxylic acids is 2. The average Bonchev–Trinajstić information content (AvgIpc) is 3.38. The third kappa shape index (κ3) is 4.33. The average molecular weight is 525 g/mol. The molecule has 1 N–H and O–H groups in total. The summed E-state index contributed by atoms with van der Waals surface area (Å²) in [6.45, 7) is 14.3. The maximum atomic E-state index is 13.6. The van der Waals surface area contributed by atoms with E-state index in [1.54, 1.807) is 0 Å². The Bertz CT molecular complexity index is 1640. The number of rotatable bonds is 3. The molecule has 5 rings (SSSR count). The van der Waals surface area contributed by atoms with Gasteiger partial charge in [0.25, 0.3) is 5.78 Å². The van der Waals surface area contributed by atoms with Crippen LogP contribution < -0.4 is 4.90 Å². The molecule has 194 valence electrons. The molecule has 0 aliphatic carbocycles. The summed E-state index contributed by atoms with van der Waals surface area (Å²) in [5, 5.41) is 12.0. The van der Waals surface area contributed by atoms with Gasteiger partial charge in [0.15, 0.2) is 5.13 Å². The summed E-state index contributed by atoms with van der Waals surface area (Å²) < 4.78 is 0.954. The third-order valence-electron chi connectivity index (χ3n) is 7.21. The van der Waals surface area contributed by atoms with E-state index in [-0.39, 0.29) is 16.7 Å². The van der Waals surface area contributed by atoms with Crippen molar-refractivity contribution in [1.82, 2.24) is 4.98 Å². The van der Waals surface area contributed by atoms with E-state index in [9.17, 15) is 14.7 Å². The molecule has 1 fully saturated rings. The molecule has 3 aromatic carbocycles. The van der Waals surface area contributed by atoms with Crippen molar-refractivity contribution < 1.29 is 14.7 Å². The lowest BCUT2D eigenvalue weighted by Gasteiger charge is -2.25. The van der Waals surface area contributed by atoms with E-state index in [2.05, 4.69) is 26.8 Å². The van der Waals surface area contributed by atoms with Gasteiger partial charge in [-0.05, 0) is 73.1 Å². The molecule has 0 bridgehead atoms. The van der Waals surface area contributed by atoms with Crippen molar-refractivity contribution in [1.29, 1.82) is 0 Å². The number of aliphatic hydroxyl groups is 1. The molecule has 1 unspecified atom stereocenters. The van der Waals surface area contributed by atoms with Gasteiger partial charge in [-0.25, -0.2) is 4.98 Å². The lowest BCUT2D eigenvalue weighted by atomic mass is 9.85. The first-order chi connectivity index (χ1) is 17.9. The number of benzene rings is 3. The number of anilines is 1. The van der Waals surface area contributed by atoms with Gasteiger partial charge in [-0.3, -0.25) is 14.5 Å². The molecule has 4 aromatic rings. The van der Waals surface area contributed by atoms with Crippen LogP contribution in [-0.2, 0) is 15.0 Å². The zero-order valence-electron chi connectivity index (χ0n) is 22.8. The highest BCUT2D eigenvalue weighted by Gasteiger charge is 2.48. The van der Waals surface area contributed by atoms with Crippen LogP contribution in [0.3, 0.4) is 0 Å². The molecule has 0 radical (unpaired) electrons. The summed E-state index contributed by atoms with van der Waals surface area (Å²) in [7, 11) is 0. The van der Waals surface area contributed by atoms with E-state index in [1.807, 2.05) is 76.2 Å². The predicted molar refractivity (Wildman–Crippen MR) is 155 cm³/mol. The van der Waals surface area contributed by atoms with Crippen molar-refractivity contribution in [3.8, 4) is 0 Å². The second kappa shape index (κ2) is 9.21. The lowest BCUT2D eigenvalue weighted by molar-refractivity contribution is -0.132. The summed E-state index contributed by atoms with van der Waals surface area (Å²) in [5.74, 6) is -1.55. The van der Waals surface area contributed by atoms with Crippen molar-refractivity contribution in [3.63, 3.8) is 0 Å². The van der Waals surface area contributed by atoms with E-state index in [0.717, 1.165) is 43.6 Å². The zero-order chi connectivity index (χ0) is 27.5. The standard InChI is InChI=1S/C32H32N2O3S/c1-17-8-9-19(3)23(15-17)28(35)25-27(21-10-12-22(13-11-21)32(5,6)7)34(30(37)29(25)36)31-33-26-20(4)14-18(2)16-24(26)38-31/h8-16,27,35H,1-7H3. The van der Waals surface area contributed by atoms with Gasteiger partial charge in [0, 0.05) is 5.56 Å². The molecule has 1 amide bonds. The number of fused-ring (bicyclic) bond motifs is 1. The monoisotopic (exact) mass is 524 g/mol. The van der Waals surface area contributed by atoms with Crippen molar-refractivity contribution in [2.45, 2.75) is 59.9 Å². The minimum absolute atomic E-state index is 0.0541. The molecule has 6 heteroatoms. The number of hydrogen-bond donors (Lipinski definition) is 1. The largest absolute Gasteiger partial charge is 0.507 e. The predicted octanol–water partition coefficient (Wildman–Crippen LogP) is 7.45. The van der Waals surface area contributed by atoms with Crippen LogP contribution >= 0.6 is 11.3 Å². The minimum Gasteiger partial charge on any atom is -0.507 e. The van der Waals surface area contributed by atoms with Gasteiger partial charge in [0.2, 0.25) is 0 Å². The normalized spacial score (nSPS) is 17.6. The van der Waals surface area contributed by atoms with Crippen LogP contribution in [-0.4, -0.2) is 21.8 Å². The number of nitrogens with zero attached hydrogens (tertiary/aromatic N) is 2. The topological polar surface area (TPSA) is 70.5 Å². The van der Waals surface area contributed by atoms with Crippen LogP contribution in [0, 0.1) is 27.7 Å². The summed E-state index contributed by atoms with van der Waals surface area (Å²) in [4.78, 5) is 33.5. The Morgan fingerprint density at radius 3 is 2.24 bits per heavy atom. The first-order valence-corrected chi connectivity index (χ1v) is 13.6. The van der Waals surface area contributed by atoms with E-state index < -0.39 is 17.7 Å². The maximum Gasteiger partial charge on any atom is 0.301 e. The summed E-state index contributed by atoms with van der Waals surface area (Å²) in [6.07, 6.45) is 0. The fraction of sp³-hybridized carbons (Fsp3) is 0.281. The molecule has 1 aliphatic rings. The first kappa shape index (κ1) is 25.9. The quantitative estimate of drug-likeness (QED) is 0.172. The maximum absolute atomic E-state index is 13.6. The second-order valence-electron chi connectivity index (χ2n) is 11.3.